The van der Waals surface area contributed by atoms with Gasteiger partial charge in [0.15, 0.2) is 0 Å². The van der Waals surface area contributed by atoms with E-state index in [0.29, 0.717) is 6.54 Å². The van der Waals surface area contributed by atoms with Crippen molar-refractivity contribution in [3.8, 4) is 0 Å². The van der Waals surface area contributed by atoms with E-state index < -0.39 is 6.03 Å². The van der Waals surface area contributed by atoms with Crippen molar-refractivity contribution in [2.24, 2.45) is 11.5 Å². The van der Waals surface area contributed by atoms with Crippen molar-refractivity contribution in [3.63, 3.8) is 0 Å². The Labute approximate surface area is 71.2 Å². The highest BCUT2D eigenvalue weighted by Gasteiger charge is 2.26. The van der Waals surface area contributed by atoms with Crippen molar-refractivity contribution in [2.45, 2.75) is 25.3 Å². The second kappa shape index (κ2) is 3.42. The molecule has 1 fully saturated rings. The summed E-state index contributed by atoms with van der Waals surface area (Å²) < 4.78 is 0. The lowest BCUT2D eigenvalue weighted by Crippen LogP contribution is -2.52. The van der Waals surface area contributed by atoms with Gasteiger partial charge in [0.05, 0.1) is 6.04 Å². The normalized spacial score (nSPS) is 23.7. The lowest BCUT2D eigenvalue weighted by Gasteiger charge is -2.33. The summed E-state index contributed by atoms with van der Waals surface area (Å²) in [5, 5.41) is 7.24. The van der Waals surface area contributed by atoms with Gasteiger partial charge >= 0.3 is 6.03 Å². The van der Waals surface area contributed by atoms with Gasteiger partial charge in [-0.3, -0.25) is 5.41 Å². The Balaban J connectivity index is 2.67. The maximum absolute atomic E-state index is 10.9. The number of hydrogen-bond donors (Lipinski definition) is 3. The van der Waals surface area contributed by atoms with Crippen LogP contribution in [-0.2, 0) is 0 Å². The smallest absolute Gasteiger partial charge is 0.315 e. The number of likely N-dealkylation sites (tertiary alicyclic amines) is 1. The largest absolute Gasteiger partial charge is 0.386 e. The summed E-state index contributed by atoms with van der Waals surface area (Å²) in [6.07, 6.45) is 2.72. The van der Waals surface area contributed by atoms with E-state index in [9.17, 15) is 4.79 Å². The number of primary amides is 1. The van der Waals surface area contributed by atoms with Crippen LogP contribution in [0.1, 0.15) is 19.3 Å². The second-order valence-electron chi connectivity index (χ2n) is 3.00. The predicted molar refractivity (Wildman–Crippen MR) is 45.8 cm³/mol. The van der Waals surface area contributed by atoms with Crippen molar-refractivity contribution >= 4 is 11.9 Å². The molecule has 1 heterocycles. The van der Waals surface area contributed by atoms with Gasteiger partial charge in [0, 0.05) is 6.54 Å². The zero-order chi connectivity index (χ0) is 9.14. The van der Waals surface area contributed by atoms with E-state index in [1.54, 1.807) is 0 Å². The first-order valence-electron chi connectivity index (χ1n) is 4.03. The number of nitrogens with zero attached hydrogens (tertiary/aromatic N) is 1. The van der Waals surface area contributed by atoms with Gasteiger partial charge < -0.3 is 16.4 Å². The minimum absolute atomic E-state index is 0.0356. The first-order chi connectivity index (χ1) is 5.63. The van der Waals surface area contributed by atoms with Gasteiger partial charge in [-0.25, -0.2) is 4.79 Å². The standard InChI is InChI=1S/C7H14N4O/c8-6(9)5-3-1-2-4-11(5)7(10)12/h5H,1-4H2,(H3,8,9)(H2,10,12). The number of piperidine rings is 1. The second-order valence-corrected chi connectivity index (χ2v) is 3.00. The van der Waals surface area contributed by atoms with Crippen molar-refractivity contribution < 1.29 is 4.79 Å². The quantitative estimate of drug-likeness (QED) is 0.377. The van der Waals surface area contributed by atoms with Crippen LogP contribution in [0.3, 0.4) is 0 Å². The first kappa shape index (κ1) is 8.83. The summed E-state index contributed by atoms with van der Waals surface area (Å²) in [7, 11) is 0. The molecule has 0 spiro atoms. The first-order valence-corrected chi connectivity index (χ1v) is 4.03. The Kier molecular flexibility index (Phi) is 2.52. The third-order valence-electron chi connectivity index (χ3n) is 2.14. The third kappa shape index (κ3) is 1.66. The molecule has 1 unspecified atom stereocenters. The average Bonchev–Trinajstić information content (AvgIpc) is 2.04. The van der Waals surface area contributed by atoms with Crippen molar-refractivity contribution in [1.29, 1.82) is 5.41 Å². The van der Waals surface area contributed by atoms with Crippen LogP contribution in [0.15, 0.2) is 0 Å². The van der Waals surface area contributed by atoms with Crippen LogP contribution in [-0.4, -0.2) is 29.4 Å². The number of carbonyl (C=O) groups excluding carboxylic acids is 1. The summed E-state index contributed by atoms with van der Waals surface area (Å²) in [6.45, 7) is 0.625. The number of carbonyl (C=O) groups is 1. The molecular weight excluding hydrogens is 156 g/mol. The zero-order valence-electron chi connectivity index (χ0n) is 6.92. The molecule has 1 rings (SSSR count). The number of amidine groups is 1. The molecule has 0 aromatic carbocycles. The van der Waals surface area contributed by atoms with Gasteiger partial charge in [0.25, 0.3) is 0 Å². The van der Waals surface area contributed by atoms with E-state index >= 15 is 0 Å². The topological polar surface area (TPSA) is 96.2 Å². The van der Waals surface area contributed by atoms with E-state index in [1.807, 2.05) is 0 Å². The molecule has 0 aliphatic carbocycles. The van der Waals surface area contributed by atoms with Crippen LogP contribution in [0.4, 0.5) is 4.79 Å². The number of nitrogens with one attached hydrogen (secondary N) is 1. The van der Waals surface area contributed by atoms with Crippen LogP contribution in [0.2, 0.25) is 0 Å². The molecule has 1 aliphatic heterocycles. The molecule has 1 saturated heterocycles. The molecule has 0 bridgehead atoms. The number of nitrogens with two attached hydrogens (primary N) is 2. The highest BCUT2D eigenvalue weighted by Crippen LogP contribution is 2.15. The monoisotopic (exact) mass is 170 g/mol. The molecule has 12 heavy (non-hydrogen) atoms. The van der Waals surface area contributed by atoms with Gasteiger partial charge in [-0.1, -0.05) is 0 Å². The number of amides is 2. The van der Waals surface area contributed by atoms with Gasteiger partial charge in [-0.2, -0.15) is 0 Å². The van der Waals surface area contributed by atoms with Gasteiger partial charge in [-0.15, -0.1) is 0 Å². The molecule has 5 N–H and O–H groups in total. The molecule has 0 aromatic rings. The number of urea groups is 1. The molecule has 5 heteroatoms. The number of hydrogen-bond acceptors (Lipinski definition) is 2. The fourth-order valence-corrected chi connectivity index (χ4v) is 1.52. The van der Waals surface area contributed by atoms with E-state index in [0.717, 1.165) is 19.3 Å². The van der Waals surface area contributed by atoms with Gasteiger partial charge in [0.2, 0.25) is 0 Å². The molecular formula is C7H14N4O. The van der Waals surface area contributed by atoms with Crippen LogP contribution in [0.25, 0.3) is 0 Å². The summed E-state index contributed by atoms with van der Waals surface area (Å²) in [5.41, 5.74) is 10.5. The van der Waals surface area contributed by atoms with E-state index in [4.69, 9.17) is 16.9 Å². The summed E-state index contributed by atoms with van der Waals surface area (Å²) in [4.78, 5) is 12.3. The predicted octanol–water partition coefficient (Wildman–Crippen LogP) is -0.144. The Hall–Kier alpha value is -1.26. The van der Waals surface area contributed by atoms with Crippen molar-refractivity contribution in [3.05, 3.63) is 0 Å². The maximum Gasteiger partial charge on any atom is 0.315 e. The molecule has 0 aromatic heterocycles. The molecule has 68 valence electrons. The van der Waals surface area contributed by atoms with Crippen molar-refractivity contribution in [2.75, 3.05) is 6.54 Å². The summed E-state index contributed by atoms with van der Waals surface area (Å²) in [6, 6.07) is -0.744. The minimum atomic E-state index is -0.477. The van der Waals surface area contributed by atoms with Gasteiger partial charge in [-0.05, 0) is 19.3 Å². The molecule has 1 atom stereocenters. The lowest BCUT2D eigenvalue weighted by atomic mass is 10.0. The summed E-state index contributed by atoms with van der Waals surface area (Å²) in [5.74, 6) is 0.0356. The van der Waals surface area contributed by atoms with E-state index in [-0.39, 0.29) is 11.9 Å². The Morgan fingerprint density at radius 2 is 2.08 bits per heavy atom. The highest BCUT2D eigenvalue weighted by atomic mass is 16.2. The Morgan fingerprint density at radius 1 is 1.42 bits per heavy atom. The minimum Gasteiger partial charge on any atom is -0.386 e. The molecule has 0 saturated carbocycles. The van der Waals surface area contributed by atoms with Crippen LogP contribution < -0.4 is 11.5 Å². The van der Waals surface area contributed by atoms with Crippen LogP contribution >= 0.6 is 0 Å². The van der Waals surface area contributed by atoms with E-state index in [2.05, 4.69) is 0 Å². The molecule has 5 nitrogen and oxygen atoms in total. The highest BCUT2D eigenvalue weighted by molar-refractivity contribution is 5.87. The maximum atomic E-state index is 10.9. The van der Waals surface area contributed by atoms with Crippen molar-refractivity contribution in [1.82, 2.24) is 4.90 Å². The fourth-order valence-electron chi connectivity index (χ4n) is 1.52. The zero-order valence-corrected chi connectivity index (χ0v) is 6.92. The lowest BCUT2D eigenvalue weighted by molar-refractivity contribution is 0.181. The summed E-state index contributed by atoms with van der Waals surface area (Å²) >= 11 is 0. The average molecular weight is 170 g/mol. The van der Waals surface area contributed by atoms with Gasteiger partial charge in [0.1, 0.15) is 5.84 Å². The number of rotatable bonds is 1. The van der Waals surface area contributed by atoms with E-state index in [1.165, 1.54) is 4.90 Å². The molecule has 2 amide bonds. The molecule has 0 radical (unpaired) electrons. The third-order valence-corrected chi connectivity index (χ3v) is 2.14. The molecule has 1 aliphatic rings. The van der Waals surface area contributed by atoms with Crippen LogP contribution in [0.5, 0.6) is 0 Å². The SMILES string of the molecule is N=C(N)C1CCCCN1C(N)=O. The Morgan fingerprint density at radius 3 is 2.50 bits per heavy atom. The fraction of sp³-hybridized carbons (Fsp3) is 0.714. The Bertz CT molecular complexity index is 182. The van der Waals surface area contributed by atoms with Crippen LogP contribution in [0, 0.1) is 5.41 Å².